The fourth-order valence-corrected chi connectivity index (χ4v) is 3.54. The predicted molar refractivity (Wildman–Crippen MR) is 108 cm³/mol. The van der Waals surface area contributed by atoms with Crippen molar-refractivity contribution in [1.29, 1.82) is 0 Å². The normalized spacial score (nSPS) is 13.3. The van der Waals surface area contributed by atoms with Crippen LogP contribution in [-0.2, 0) is 0 Å². The van der Waals surface area contributed by atoms with Crippen molar-refractivity contribution in [2.45, 2.75) is 23.8 Å². The van der Waals surface area contributed by atoms with Crippen molar-refractivity contribution < 1.29 is 15.0 Å². The Morgan fingerprint density at radius 1 is 1.15 bits per heavy atom. The lowest BCUT2D eigenvalue weighted by Gasteiger charge is -2.29. The number of carbonyl (C=O) groups is 1. The largest absolute Gasteiger partial charge is 0.465 e. The van der Waals surface area contributed by atoms with Crippen LogP contribution in [0.3, 0.4) is 0 Å². The van der Waals surface area contributed by atoms with Crippen LogP contribution >= 0.6 is 35.0 Å². The van der Waals surface area contributed by atoms with E-state index in [0.717, 1.165) is 16.0 Å². The van der Waals surface area contributed by atoms with Crippen LogP contribution in [-0.4, -0.2) is 40.6 Å². The van der Waals surface area contributed by atoms with Crippen molar-refractivity contribution >= 4 is 41.1 Å². The second-order valence-corrected chi connectivity index (χ2v) is 7.52. The quantitative estimate of drug-likeness (QED) is 0.585. The first-order valence-corrected chi connectivity index (χ1v) is 10.1. The van der Waals surface area contributed by atoms with Crippen LogP contribution in [0.2, 0.25) is 10.0 Å². The van der Waals surface area contributed by atoms with Gasteiger partial charge in [-0.25, -0.2) is 4.79 Å². The van der Waals surface area contributed by atoms with Gasteiger partial charge in [-0.2, -0.15) is 0 Å². The Morgan fingerprint density at radius 3 is 2.46 bits per heavy atom. The molecule has 140 valence electrons. The highest BCUT2D eigenvalue weighted by Crippen LogP contribution is 2.36. The van der Waals surface area contributed by atoms with Gasteiger partial charge in [-0.3, -0.25) is 0 Å². The maximum Gasteiger partial charge on any atom is 0.407 e. The van der Waals surface area contributed by atoms with Crippen molar-refractivity contribution in [1.82, 2.24) is 4.90 Å². The smallest absolute Gasteiger partial charge is 0.407 e. The summed E-state index contributed by atoms with van der Waals surface area (Å²) < 4.78 is 0. The molecule has 0 heterocycles. The fraction of sp³-hybridized carbons (Fsp3) is 0.316. The Kier molecular flexibility index (Phi) is 7.65. The van der Waals surface area contributed by atoms with Crippen LogP contribution in [0.5, 0.6) is 0 Å². The van der Waals surface area contributed by atoms with E-state index in [0.29, 0.717) is 16.6 Å². The molecule has 4 nitrogen and oxygen atoms in total. The molecule has 2 aromatic rings. The van der Waals surface area contributed by atoms with Crippen molar-refractivity contribution in [3.8, 4) is 0 Å². The van der Waals surface area contributed by atoms with Gasteiger partial charge in [-0.15, -0.1) is 11.8 Å². The monoisotopic (exact) mass is 413 g/mol. The molecule has 0 fully saturated rings. The third-order valence-corrected chi connectivity index (χ3v) is 5.72. The molecule has 0 bridgehead atoms. The van der Waals surface area contributed by atoms with Gasteiger partial charge in [-0.05, 0) is 48.6 Å². The summed E-state index contributed by atoms with van der Waals surface area (Å²) in [5.41, 5.74) is 1.47. The topological polar surface area (TPSA) is 60.8 Å². The Hall–Kier alpha value is -1.40. The molecular formula is C19H21Cl2NO3S. The molecule has 0 aliphatic heterocycles. The number of aliphatic hydroxyl groups is 1. The summed E-state index contributed by atoms with van der Waals surface area (Å²) in [5.74, 6) is -0.474. The average molecular weight is 414 g/mol. The molecule has 1 amide bonds. The van der Waals surface area contributed by atoms with Crippen LogP contribution in [0.1, 0.15) is 30.1 Å². The predicted octanol–water partition coefficient (Wildman–Crippen LogP) is 5.53. The summed E-state index contributed by atoms with van der Waals surface area (Å²) >= 11 is 13.7. The zero-order valence-electron chi connectivity index (χ0n) is 14.5. The molecule has 2 aromatic carbocycles. The van der Waals surface area contributed by atoms with Gasteiger partial charge in [0.1, 0.15) is 0 Å². The lowest BCUT2D eigenvalue weighted by Crippen LogP contribution is -2.35. The van der Waals surface area contributed by atoms with Crippen LogP contribution in [0.25, 0.3) is 0 Å². The molecule has 2 rings (SSSR count). The minimum atomic E-state index is -1.03. The Labute approximate surface area is 167 Å². The van der Waals surface area contributed by atoms with E-state index in [1.165, 1.54) is 4.90 Å². The second kappa shape index (κ2) is 9.51. The number of halogens is 2. The maximum absolute atomic E-state index is 11.5. The zero-order valence-corrected chi connectivity index (χ0v) is 16.9. The fourth-order valence-electron chi connectivity index (χ4n) is 2.77. The van der Waals surface area contributed by atoms with Gasteiger partial charge in [0.15, 0.2) is 0 Å². The summed E-state index contributed by atoms with van der Waals surface area (Å²) in [5, 5.41) is 21.2. The molecule has 0 spiro atoms. The maximum atomic E-state index is 11.5. The molecule has 0 saturated heterocycles. The summed E-state index contributed by atoms with van der Waals surface area (Å²) in [7, 11) is 0. The number of benzene rings is 2. The summed E-state index contributed by atoms with van der Waals surface area (Å²) in [4.78, 5) is 13.8. The van der Waals surface area contributed by atoms with Crippen molar-refractivity contribution in [3.05, 3.63) is 63.6 Å². The minimum Gasteiger partial charge on any atom is -0.465 e. The molecule has 26 heavy (non-hydrogen) atoms. The Morgan fingerprint density at radius 2 is 1.88 bits per heavy atom. The van der Waals surface area contributed by atoms with Crippen LogP contribution in [0.4, 0.5) is 4.79 Å². The summed E-state index contributed by atoms with van der Waals surface area (Å²) in [6, 6.07) is 12.7. The van der Waals surface area contributed by atoms with E-state index in [2.05, 4.69) is 0 Å². The van der Waals surface area contributed by atoms with Crippen molar-refractivity contribution in [3.63, 3.8) is 0 Å². The minimum absolute atomic E-state index is 0.147. The number of likely N-dealkylation sites (N-methyl/N-ethyl adjacent to an activating group) is 1. The van der Waals surface area contributed by atoms with E-state index in [1.54, 1.807) is 36.9 Å². The molecule has 7 heteroatoms. The third kappa shape index (κ3) is 5.07. The number of hydrogen-bond acceptors (Lipinski definition) is 3. The lowest BCUT2D eigenvalue weighted by molar-refractivity contribution is 0.106. The van der Waals surface area contributed by atoms with E-state index in [9.17, 15) is 15.0 Å². The molecule has 0 radical (unpaired) electrons. The van der Waals surface area contributed by atoms with E-state index >= 15 is 0 Å². The molecule has 0 aliphatic rings. The number of rotatable bonds is 7. The Bertz CT molecular complexity index is 772. The van der Waals surface area contributed by atoms with Gasteiger partial charge in [0.25, 0.3) is 0 Å². The van der Waals surface area contributed by atoms with Crippen LogP contribution < -0.4 is 0 Å². The van der Waals surface area contributed by atoms with Gasteiger partial charge < -0.3 is 15.1 Å². The SMILES string of the molecule is CCN(CC(c1ccc(Cl)c(Cl)c1)C(O)c1cccc(SC)c1)C(=O)O. The zero-order chi connectivity index (χ0) is 19.3. The molecule has 0 aliphatic carbocycles. The highest BCUT2D eigenvalue weighted by Gasteiger charge is 2.27. The first-order valence-electron chi connectivity index (χ1n) is 8.12. The summed E-state index contributed by atoms with van der Waals surface area (Å²) in [6.07, 6.45) is 0.0564. The van der Waals surface area contributed by atoms with E-state index in [1.807, 2.05) is 30.5 Å². The number of hydrogen-bond donors (Lipinski definition) is 2. The second-order valence-electron chi connectivity index (χ2n) is 5.82. The molecule has 0 aromatic heterocycles. The standard InChI is InChI=1S/C19H21Cl2NO3S/c1-3-22(19(24)25)11-15(12-7-8-16(20)17(21)10-12)18(23)13-5-4-6-14(9-13)26-2/h4-10,15,18,23H,3,11H2,1-2H3,(H,24,25). The van der Waals surface area contributed by atoms with Crippen LogP contribution in [0, 0.1) is 0 Å². The van der Waals surface area contributed by atoms with E-state index in [-0.39, 0.29) is 6.54 Å². The first kappa shape index (κ1) is 20.9. The highest BCUT2D eigenvalue weighted by atomic mass is 35.5. The average Bonchev–Trinajstić information content (AvgIpc) is 2.64. The number of nitrogens with zero attached hydrogens (tertiary/aromatic N) is 1. The molecule has 2 atom stereocenters. The van der Waals surface area contributed by atoms with Crippen molar-refractivity contribution in [2.24, 2.45) is 0 Å². The molecular weight excluding hydrogens is 393 g/mol. The molecule has 2 unspecified atom stereocenters. The van der Waals surface area contributed by atoms with Gasteiger partial charge in [-0.1, -0.05) is 41.4 Å². The summed E-state index contributed by atoms with van der Waals surface area (Å²) in [6.45, 7) is 2.24. The number of thioether (sulfide) groups is 1. The van der Waals surface area contributed by atoms with Gasteiger partial charge in [0, 0.05) is 23.9 Å². The third-order valence-electron chi connectivity index (χ3n) is 4.26. The number of aliphatic hydroxyl groups excluding tert-OH is 1. The van der Waals surface area contributed by atoms with Crippen molar-refractivity contribution in [2.75, 3.05) is 19.3 Å². The van der Waals surface area contributed by atoms with Gasteiger partial charge in [0.05, 0.1) is 16.1 Å². The lowest BCUT2D eigenvalue weighted by atomic mass is 9.88. The van der Waals surface area contributed by atoms with E-state index in [4.69, 9.17) is 23.2 Å². The number of carboxylic acid groups (broad SMARTS) is 1. The van der Waals surface area contributed by atoms with Crippen LogP contribution in [0.15, 0.2) is 47.4 Å². The molecule has 0 saturated carbocycles. The number of amides is 1. The Balaban J connectivity index is 2.43. The van der Waals surface area contributed by atoms with Gasteiger partial charge in [0.2, 0.25) is 0 Å². The first-order chi connectivity index (χ1) is 12.4. The van der Waals surface area contributed by atoms with E-state index < -0.39 is 18.1 Å². The highest BCUT2D eigenvalue weighted by molar-refractivity contribution is 7.98. The van der Waals surface area contributed by atoms with Gasteiger partial charge >= 0.3 is 6.09 Å². The molecule has 2 N–H and O–H groups in total.